The van der Waals surface area contributed by atoms with E-state index in [9.17, 15) is 4.79 Å². The molecule has 8 nitrogen and oxygen atoms in total. The number of imidazole rings is 1. The Labute approximate surface area is 154 Å². The first-order valence-electron chi connectivity index (χ1n) is 9.20. The van der Waals surface area contributed by atoms with Gasteiger partial charge in [-0.3, -0.25) is 9.69 Å². The number of nitrogens with zero attached hydrogens (tertiary/aromatic N) is 6. The second kappa shape index (κ2) is 9.28. The monoisotopic (exact) mass is 357 g/mol. The third-order valence-corrected chi connectivity index (χ3v) is 4.59. The van der Waals surface area contributed by atoms with Gasteiger partial charge >= 0.3 is 0 Å². The van der Waals surface area contributed by atoms with Gasteiger partial charge in [-0.25, -0.2) is 15.0 Å². The van der Waals surface area contributed by atoms with E-state index in [0.717, 1.165) is 57.3 Å². The summed E-state index contributed by atoms with van der Waals surface area (Å²) in [6.45, 7) is 8.22. The minimum absolute atomic E-state index is 0.125. The van der Waals surface area contributed by atoms with Gasteiger partial charge in [0.1, 0.15) is 11.6 Å². The molecule has 0 aliphatic carbocycles. The van der Waals surface area contributed by atoms with E-state index in [1.54, 1.807) is 12.5 Å². The summed E-state index contributed by atoms with van der Waals surface area (Å²) in [6.07, 6.45) is 8.65. The normalized spacial score (nSPS) is 15.2. The topological polar surface area (TPSA) is 79.2 Å². The summed E-state index contributed by atoms with van der Waals surface area (Å²) in [4.78, 5) is 29.2. The van der Waals surface area contributed by atoms with E-state index in [2.05, 4.69) is 30.1 Å². The molecule has 0 unspecified atom stereocenters. The van der Waals surface area contributed by atoms with E-state index in [4.69, 9.17) is 0 Å². The summed E-state index contributed by atoms with van der Waals surface area (Å²) >= 11 is 0. The lowest BCUT2D eigenvalue weighted by Crippen LogP contribution is -2.48. The van der Waals surface area contributed by atoms with Crippen LogP contribution in [-0.2, 0) is 11.3 Å². The average Bonchev–Trinajstić information content (AvgIpc) is 3.16. The molecule has 3 rings (SSSR count). The van der Waals surface area contributed by atoms with Crippen molar-refractivity contribution >= 4 is 11.7 Å². The molecule has 0 atom stereocenters. The molecule has 3 heterocycles. The highest BCUT2D eigenvalue weighted by molar-refractivity contribution is 5.75. The second-order valence-electron chi connectivity index (χ2n) is 6.54. The first-order valence-corrected chi connectivity index (χ1v) is 9.20. The lowest BCUT2D eigenvalue weighted by Gasteiger charge is -2.35. The summed E-state index contributed by atoms with van der Waals surface area (Å²) in [6, 6.07) is 1.96. The number of carbonyl (C=O) groups excluding carboxylic acids is 1. The minimum atomic E-state index is 0.125. The summed E-state index contributed by atoms with van der Waals surface area (Å²) in [5, 5.41) is 3.02. The molecule has 2 aromatic heterocycles. The SMILES string of the molecule is Cc1nccc(N2CCN(CCNC(=O)CCCn3ccnc3)CC2)n1. The van der Waals surface area contributed by atoms with Gasteiger partial charge < -0.3 is 14.8 Å². The Balaban J connectivity index is 1.28. The third-order valence-electron chi connectivity index (χ3n) is 4.59. The number of anilines is 1. The maximum atomic E-state index is 11.9. The fraction of sp³-hybridized carbons (Fsp3) is 0.556. The van der Waals surface area contributed by atoms with E-state index in [-0.39, 0.29) is 5.91 Å². The highest BCUT2D eigenvalue weighted by Gasteiger charge is 2.17. The van der Waals surface area contributed by atoms with Crippen molar-refractivity contribution in [2.75, 3.05) is 44.2 Å². The number of amides is 1. The summed E-state index contributed by atoms with van der Waals surface area (Å²) in [7, 11) is 0. The van der Waals surface area contributed by atoms with Crippen LogP contribution < -0.4 is 10.2 Å². The highest BCUT2D eigenvalue weighted by atomic mass is 16.1. The number of hydrogen-bond donors (Lipinski definition) is 1. The zero-order chi connectivity index (χ0) is 18.2. The fourth-order valence-electron chi connectivity index (χ4n) is 3.10. The van der Waals surface area contributed by atoms with Gasteiger partial charge in [0.2, 0.25) is 5.91 Å². The third kappa shape index (κ3) is 5.52. The number of aromatic nitrogens is 4. The number of hydrogen-bond acceptors (Lipinski definition) is 6. The number of rotatable bonds is 8. The molecule has 0 saturated carbocycles. The molecular weight excluding hydrogens is 330 g/mol. The summed E-state index contributed by atoms with van der Waals surface area (Å²) in [5.74, 6) is 1.93. The van der Waals surface area contributed by atoms with E-state index >= 15 is 0 Å². The van der Waals surface area contributed by atoms with Crippen LogP contribution in [0.1, 0.15) is 18.7 Å². The smallest absolute Gasteiger partial charge is 0.220 e. The van der Waals surface area contributed by atoms with Gasteiger partial charge in [0.25, 0.3) is 0 Å². The van der Waals surface area contributed by atoms with Crippen molar-refractivity contribution in [3.8, 4) is 0 Å². The molecule has 1 amide bonds. The Morgan fingerprint density at radius 1 is 1.19 bits per heavy atom. The van der Waals surface area contributed by atoms with Crippen LogP contribution in [0.25, 0.3) is 0 Å². The van der Waals surface area contributed by atoms with Crippen molar-refractivity contribution in [3.63, 3.8) is 0 Å². The van der Waals surface area contributed by atoms with Gasteiger partial charge in [-0.05, 0) is 19.4 Å². The Hall–Kier alpha value is -2.48. The molecule has 1 saturated heterocycles. The van der Waals surface area contributed by atoms with Crippen LogP contribution in [0.15, 0.2) is 31.0 Å². The molecule has 1 aliphatic rings. The van der Waals surface area contributed by atoms with Crippen molar-refractivity contribution < 1.29 is 4.79 Å². The molecule has 0 radical (unpaired) electrons. The molecule has 8 heteroatoms. The molecule has 1 N–H and O–H groups in total. The van der Waals surface area contributed by atoms with Crippen molar-refractivity contribution in [1.82, 2.24) is 29.7 Å². The second-order valence-corrected chi connectivity index (χ2v) is 6.54. The molecule has 1 fully saturated rings. The maximum Gasteiger partial charge on any atom is 0.220 e. The van der Waals surface area contributed by atoms with Crippen molar-refractivity contribution in [2.45, 2.75) is 26.3 Å². The van der Waals surface area contributed by atoms with Crippen LogP contribution in [0.3, 0.4) is 0 Å². The van der Waals surface area contributed by atoms with Gasteiger partial charge in [0.15, 0.2) is 0 Å². The highest BCUT2D eigenvalue weighted by Crippen LogP contribution is 2.12. The maximum absolute atomic E-state index is 11.9. The largest absolute Gasteiger partial charge is 0.355 e. The Bertz CT molecular complexity index is 681. The molecule has 0 bridgehead atoms. The van der Waals surface area contributed by atoms with Gasteiger partial charge in [-0.1, -0.05) is 0 Å². The summed E-state index contributed by atoms with van der Waals surface area (Å²) < 4.78 is 1.99. The predicted molar refractivity (Wildman–Crippen MR) is 99.9 cm³/mol. The molecule has 140 valence electrons. The van der Waals surface area contributed by atoms with Gasteiger partial charge in [0, 0.05) is 70.8 Å². The molecule has 0 aromatic carbocycles. The first-order chi connectivity index (χ1) is 12.7. The lowest BCUT2D eigenvalue weighted by atomic mass is 10.3. The van der Waals surface area contributed by atoms with Crippen molar-refractivity contribution in [1.29, 1.82) is 0 Å². The Kier molecular flexibility index (Phi) is 6.54. The Morgan fingerprint density at radius 2 is 2.04 bits per heavy atom. The van der Waals surface area contributed by atoms with E-state index in [1.807, 2.05) is 30.0 Å². The number of aryl methyl sites for hydroxylation is 2. The van der Waals surface area contributed by atoms with Crippen LogP contribution >= 0.6 is 0 Å². The van der Waals surface area contributed by atoms with Crippen molar-refractivity contribution in [3.05, 3.63) is 36.8 Å². The molecule has 26 heavy (non-hydrogen) atoms. The Morgan fingerprint density at radius 3 is 2.77 bits per heavy atom. The molecule has 2 aromatic rings. The summed E-state index contributed by atoms with van der Waals surface area (Å²) in [5.41, 5.74) is 0. The lowest BCUT2D eigenvalue weighted by molar-refractivity contribution is -0.121. The predicted octanol–water partition coefficient (Wildman–Crippen LogP) is 0.700. The van der Waals surface area contributed by atoms with E-state index < -0.39 is 0 Å². The van der Waals surface area contributed by atoms with E-state index in [0.29, 0.717) is 13.0 Å². The van der Waals surface area contributed by atoms with Gasteiger partial charge in [-0.2, -0.15) is 0 Å². The quantitative estimate of drug-likeness (QED) is 0.749. The van der Waals surface area contributed by atoms with Crippen LogP contribution in [-0.4, -0.2) is 69.6 Å². The zero-order valence-corrected chi connectivity index (χ0v) is 15.3. The van der Waals surface area contributed by atoms with Crippen molar-refractivity contribution in [2.24, 2.45) is 0 Å². The minimum Gasteiger partial charge on any atom is -0.355 e. The van der Waals surface area contributed by atoms with Crippen LogP contribution in [0.5, 0.6) is 0 Å². The van der Waals surface area contributed by atoms with Crippen LogP contribution in [0.4, 0.5) is 5.82 Å². The number of nitrogens with one attached hydrogen (secondary N) is 1. The standard InChI is InChI=1S/C18H27N7O/c1-16-20-5-4-17(22-16)25-13-11-23(12-14-25)10-7-21-18(26)3-2-8-24-9-6-19-15-24/h4-6,9,15H,2-3,7-8,10-14H2,1H3,(H,21,26). The van der Waals surface area contributed by atoms with Crippen LogP contribution in [0, 0.1) is 6.92 Å². The zero-order valence-electron chi connectivity index (χ0n) is 15.3. The molecule has 1 aliphatic heterocycles. The first kappa shape index (κ1) is 18.3. The van der Waals surface area contributed by atoms with Crippen LogP contribution in [0.2, 0.25) is 0 Å². The van der Waals surface area contributed by atoms with Gasteiger partial charge in [-0.15, -0.1) is 0 Å². The fourth-order valence-corrected chi connectivity index (χ4v) is 3.10. The average molecular weight is 357 g/mol. The molecular formula is C18H27N7O. The van der Waals surface area contributed by atoms with Gasteiger partial charge in [0.05, 0.1) is 6.33 Å². The van der Waals surface area contributed by atoms with E-state index in [1.165, 1.54) is 0 Å². The number of carbonyl (C=O) groups is 1. The number of piperazine rings is 1. The molecule has 0 spiro atoms.